The van der Waals surface area contributed by atoms with E-state index in [0.717, 1.165) is 23.6 Å². The zero-order valence-electron chi connectivity index (χ0n) is 19.6. The van der Waals surface area contributed by atoms with Crippen molar-refractivity contribution in [3.05, 3.63) is 23.5 Å². The molecule has 2 aromatic rings. The third-order valence-corrected chi connectivity index (χ3v) is 5.13. The van der Waals surface area contributed by atoms with Crippen molar-refractivity contribution in [2.45, 2.75) is 51.5 Å². The van der Waals surface area contributed by atoms with Crippen LogP contribution in [0.3, 0.4) is 0 Å². The Labute approximate surface area is 199 Å². The Kier molecular flexibility index (Phi) is 8.59. The Balaban J connectivity index is 0.00000167. The highest BCUT2D eigenvalue weighted by atomic mass is 19.4. The molecule has 1 saturated carbocycles. The SMILES string of the molecule is CC.Cn1nc(OCC(F)(F)F)cc1C(=O)Nc1cc(C2CC(OC(=O)NCC3CC3)CO2)[nH]n1. The predicted molar refractivity (Wildman–Crippen MR) is 117 cm³/mol. The van der Waals surface area contributed by atoms with Gasteiger partial charge < -0.3 is 24.8 Å². The lowest BCUT2D eigenvalue weighted by Crippen LogP contribution is -2.30. The van der Waals surface area contributed by atoms with E-state index in [4.69, 9.17) is 9.47 Å². The number of halogens is 3. The summed E-state index contributed by atoms with van der Waals surface area (Å²) in [4.78, 5) is 24.3. The average molecular weight is 502 g/mol. The Morgan fingerprint density at radius 2 is 2.03 bits per heavy atom. The number of rotatable bonds is 8. The Hall–Kier alpha value is -3.29. The Morgan fingerprint density at radius 1 is 1.29 bits per heavy atom. The molecule has 35 heavy (non-hydrogen) atoms. The molecule has 1 aliphatic carbocycles. The van der Waals surface area contributed by atoms with Gasteiger partial charge in [-0.1, -0.05) is 13.8 Å². The quantitative estimate of drug-likeness (QED) is 0.504. The van der Waals surface area contributed by atoms with Crippen molar-refractivity contribution in [1.29, 1.82) is 0 Å². The van der Waals surface area contributed by atoms with Crippen LogP contribution in [0.2, 0.25) is 0 Å². The number of nitrogens with one attached hydrogen (secondary N) is 3. The number of aromatic amines is 1. The Morgan fingerprint density at radius 3 is 2.71 bits per heavy atom. The van der Waals surface area contributed by atoms with Crippen LogP contribution in [-0.4, -0.2) is 64.0 Å². The number of anilines is 1. The van der Waals surface area contributed by atoms with E-state index in [1.165, 1.54) is 7.05 Å². The average Bonchev–Trinajstić information content (AvgIpc) is 3.16. The van der Waals surface area contributed by atoms with E-state index in [9.17, 15) is 22.8 Å². The fourth-order valence-electron chi connectivity index (χ4n) is 3.27. The van der Waals surface area contributed by atoms with Crippen molar-refractivity contribution in [2.24, 2.45) is 13.0 Å². The van der Waals surface area contributed by atoms with Gasteiger partial charge in [-0.25, -0.2) is 4.79 Å². The molecule has 3 N–H and O–H groups in total. The van der Waals surface area contributed by atoms with E-state index in [0.29, 0.717) is 24.6 Å². The van der Waals surface area contributed by atoms with Gasteiger partial charge in [-0.3, -0.25) is 14.6 Å². The summed E-state index contributed by atoms with van der Waals surface area (Å²) in [5.41, 5.74) is 0.563. The number of aryl methyl sites for hydroxylation is 1. The molecule has 1 saturated heterocycles. The lowest BCUT2D eigenvalue weighted by atomic mass is 10.1. The first-order chi connectivity index (χ1) is 16.7. The monoisotopic (exact) mass is 502 g/mol. The minimum absolute atomic E-state index is 0.0143. The second-order valence-electron chi connectivity index (χ2n) is 7.97. The molecule has 0 bridgehead atoms. The van der Waals surface area contributed by atoms with Crippen LogP contribution in [0.25, 0.3) is 0 Å². The molecule has 2 aliphatic rings. The maximum absolute atomic E-state index is 12.5. The van der Waals surface area contributed by atoms with Crippen molar-refractivity contribution < 1.29 is 37.0 Å². The molecular formula is C21H29F3N6O5. The summed E-state index contributed by atoms with van der Waals surface area (Å²) in [6.07, 6.45) is -3.11. The van der Waals surface area contributed by atoms with E-state index in [-0.39, 0.29) is 24.0 Å². The van der Waals surface area contributed by atoms with E-state index in [1.807, 2.05) is 13.8 Å². The van der Waals surface area contributed by atoms with Crippen LogP contribution in [-0.2, 0) is 16.5 Å². The zero-order valence-corrected chi connectivity index (χ0v) is 19.6. The van der Waals surface area contributed by atoms with Gasteiger partial charge >= 0.3 is 12.3 Å². The number of hydrogen-bond acceptors (Lipinski definition) is 7. The first-order valence-corrected chi connectivity index (χ1v) is 11.3. The fraction of sp³-hybridized carbons (Fsp3) is 0.619. The normalized spacial score (nSPS) is 19.5. The van der Waals surface area contributed by atoms with Crippen molar-refractivity contribution in [3.8, 4) is 5.88 Å². The summed E-state index contributed by atoms with van der Waals surface area (Å²) < 4.78 is 53.5. The lowest BCUT2D eigenvalue weighted by Gasteiger charge is -2.11. The number of ether oxygens (including phenoxy) is 3. The first-order valence-electron chi connectivity index (χ1n) is 11.3. The highest BCUT2D eigenvalue weighted by Crippen LogP contribution is 2.31. The largest absolute Gasteiger partial charge is 0.467 e. The summed E-state index contributed by atoms with van der Waals surface area (Å²) in [5, 5.41) is 15.8. The summed E-state index contributed by atoms with van der Waals surface area (Å²) >= 11 is 0. The van der Waals surface area contributed by atoms with E-state index < -0.39 is 37.0 Å². The Bertz CT molecular complexity index is 1000. The fourth-order valence-corrected chi connectivity index (χ4v) is 3.27. The molecule has 4 rings (SSSR count). The van der Waals surface area contributed by atoms with Gasteiger partial charge in [0.1, 0.15) is 17.9 Å². The third kappa shape index (κ3) is 7.87. The first kappa shape index (κ1) is 26.3. The van der Waals surface area contributed by atoms with Gasteiger partial charge in [0.15, 0.2) is 12.4 Å². The number of alkyl carbamates (subject to hydrolysis) is 1. The molecule has 14 heteroatoms. The van der Waals surface area contributed by atoms with E-state index in [2.05, 4.69) is 30.7 Å². The van der Waals surface area contributed by atoms with E-state index in [1.54, 1.807) is 6.07 Å². The van der Waals surface area contributed by atoms with Crippen LogP contribution in [0.1, 0.15) is 55.4 Å². The summed E-state index contributed by atoms with van der Waals surface area (Å²) in [6.45, 7) is 3.34. The lowest BCUT2D eigenvalue weighted by molar-refractivity contribution is -0.154. The van der Waals surface area contributed by atoms with Gasteiger partial charge in [-0.2, -0.15) is 18.3 Å². The summed E-state index contributed by atoms with van der Waals surface area (Å²) in [5.74, 6) is -0.224. The second kappa shape index (κ2) is 11.4. The minimum Gasteiger partial charge on any atom is -0.467 e. The van der Waals surface area contributed by atoms with Crippen molar-refractivity contribution >= 4 is 17.8 Å². The molecule has 2 atom stereocenters. The molecule has 2 amide bonds. The van der Waals surface area contributed by atoms with Crippen LogP contribution in [0.4, 0.5) is 23.8 Å². The molecule has 2 fully saturated rings. The number of alkyl halides is 3. The minimum atomic E-state index is -4.52. The third-order valence-electron chi connectivity index (χ3n) is 5.13. The molecule has 194 valence electrons. The molecule has 11 nitrogen and oxygen atoms in total. The summed E-state index contributed by atoms with van der Waals surface area (Å²) in [7, 11) is 1.40. The topological polar surface area (TPSA) is 132 Å². The maximum Gasteiger partial charge on any atom is 0.422 e. The van der Waals surface area contributed by atoms with Crippen LogP contribution >= 0.6 is 0 Å². The van der Waals surface area contributed by atoms with Crippen molar-refractivity contribution in [3.63, 3.8) is 0 Å². The standard InChI is InChI=1S/C19H23F3N6O5.C2H6/c1-28-13(6-16(27-28)32-9-19(20,21)22)17(29)24-15-5-12(25-26-15)14-4-11(8-31-14)33-18(30)23-7-10-2-3-10;1-2/h5-6,10-11,14H,2-4,7-9H2,1H3,(H,23,30)(H2,24,25,26,29);1-2H3. The predicted octanol–water partition coefficient (Wildman–Crippen LogP) is 3.33. The molecule has 0 radical (unpaired) electrons. The van der Waals surface area contributed by atoms with Crippen LogP contribution in [0.15, 0.2) is 12.1 Å². The van der Waals surface area contributed by atoms with Gasteiger partial charge in [0.2, 0.25) is 5.88 Å². The number of H-pyrrole nitrogens is 1. The molecular weight excluding hydrogens is 473 g/mol. The number of hydrogen-bond donors (Lipinski definition) is 3. The van der Waals surface area contributed by atoms with Crippen molar-refractivity contribution in [2.75, 3.05) is 25.1 Å². The molecule has 1 aliphatic heterocycles. The van der Waals surface area contributed by atoms with Gasteiger partial charge in [-0.05, 0) is 18.8 Å². The van der Waals surface area contributed by atoms with Gasteiger partial charge in [0.25, 0.3) is 5.91 Å². The zero-order chi connectivity index (χ0) is 25.6. The van der Waals surface area contributed by atoms with Crippen LogP contribution in [0, 0.1) is 5.92 Å². The number of amides is 2. The number of carbonyl (C=O) groups excluding carboxylic acids is 2. The molecule has 2 unspecified atom stereocenters. The molecule has 0 spiro atoms. The second-order valence-corrected chi connectivity index (χ2v) is 7.97. The number of aromatic nitrogens is 4. The van der Waals surface area contributed by atoms with Crippen molar-refractivity contribution in [1.82, 2.24) is 25.3 Å². The molecule has 2 aromatic heterocycles. The molecule has 3 heterocycles. The number of nitrogens with zero attached hydrogens (tertiary/aromatic N) is 3. The van der Waals surface area contributed by atoms with Gasteiger partial charge in [-0.15, -0.1) is 5.10 Å². The smallest absolute Gasteiger partial charge is 0.422 e. The van der Waals surface area contributed by atoms with E-state index >= 15 is 0 Å². The van der Waals surface area contributed by atoms with Crippen LogP contribution < -0.4 is 15.4 Å². The van der Waals surface area contributed by atoms with Gasteiger partial charge in [0, 0.05) is 32.1 Å². The van der Waals surface area contributed by atoms with Crippen LogP contribution in [0.5, 0.6) is 5.88 Å². The number of carbonyl (C=O) groups is 2. The maximum atomic E-state index is 12.5. The summed E-state index contributed by atoms with van der Waals surface area (Å²) in [6, 6.07) is 2.67. The highest BCUT2D eigenvalue weighted by Gasteiger charge is 2.32. The molecule has 0 aromatic carbocycles. The van der Waals surface area contributed by atoms with Gasteiger partial charge in [0.05, 0.1) is 12.3 Å². The highest BCUT2D eigenvalue weighted by molar-refractivity contribution is 6.02.